The van der Waals surface area contributed by atoms with Crippen molar-refractivity contribution in [1.82, 2.24) is 0 Å². The Labute approximate surface area is 154 Å². The lowest BCUT2D eigenvalue weighted by molar-refractivity contribution is 0.0601. The highest BCUT2D eigenvalue weighted by Gasteiger charge is 2.22. The lowest BCUT2D eigenvalue weighted by Gasteiger charge is -2.08. The molecule has 5 nitrogen and oxygen atoms in total. The predicted molar refractivity (Wildman–Crippen MR) is 100 cm³/mol. The molecule has 3 rings (SSSR count). The number of rotatable bonds is 4. The largest absolute Gasteiger partial charge is 0.465 e. The summed E-state index contributed by atoms with van der Waals surface area (Å²) in [7, 11) is -2.53. The average Bonchev–Trinajstić information content (AvgIpc) is 2.91. The summed E-state index contributed by atoms with van der Waals surface area (Å²) in [6.07, 6.45) is 0. The molecule has 1 aromatic heterocycles. The Kier molecular flexibility index (Phi) is 4.73. The van der Waals surface area contributed by atoms with Gasteiger partial charge in [-0.05, 0) is 54.3 Å². The fraction of sp³-hybridized carbons (Fsp3) is 0.118. The number of sulfonamides is 1. The van der Waals surface area contributed by atoms with E-state index in [2.05, 4.69) is 9.46 Å². The molecule has 0 atom stereocenters. The maximum Gasteiger partial charge on any atom is 0.337 e. The summed E-state index contributed by atoms with van der Waals surface area (Å²) in [6, 6.07) is 11.4. The molecule has 0 saturated carbocycles. The van der Waals surface area contributed by atoms with Crippen LogP contribution in [0.2, 0.25) is 5.02 Å². The Balaban J connectivity index is 2.00. The number of methoxy groups -OCH3 is 1. The van der Waals surface area contributed by atoms with Gasteiger partial charge in [-0.1, -0.05) is 17.7 Å². The van der Waals surface area contributed by atoms with Crippen LogP contribution < -0.4 is 4.72 Å². The third-order valence-electron chi connectivity index (χ3n) is 3.63. The number of thiophene rings is 1. The first-order valence-corrected chi connectivity index (χ1v) is 9.89. The van der Waals surface area contributed by atoms with E-state index in [0.29, 0.717) is 10.6 Å². The van der Waals surface area contributed by atoms with E-state index in [4.69, 9.17) is 11.6 Å². The second-order valence-electron chi connectivity index (χ2n) is 5.33. The fourth-order valence-corrected chi connectivity index (χ4v) is 5.43. The van der Waals surface area contributed by atoms with Gasteiger partial charge in [0, 0.05) is 15.4 Å². The number of halogens is 1. The first-order valence-electron chi connectivity index (χ1n) is 7.21. The van der Waals surface area contributed by atoms with Crippen LogP contribution in [0.5, 0.6) is 0 Å². The van der Waals surface area contributed by atoms with E-state index in [9.17, 15) is 13.2 Å². The van der Waals surface area contributed by atoms with Gasteiger partial charge in [-0.15, -0.1) is 11.3 Å². The molecule has 3 aromatic rings. The number of hydrogen-bond acceptors (Lipinski definition) is 5. The molecule has 1 heterocycles. The molecule has 0 aliphatic rings. The standard InChI is InChI=1S/C17H14ClNO4S2/c1-10-14-9-12(18)6-7-15(14)24-17(10)25(21,22)19-13-5-3-4-11(8-13)16(20)23-2/h3-9,19H,1-2H3. The van der Waals surface area contributed by atoms with Crippen LogP contribution in [0.4, 0.5) is 5.69 Å². The minimum absolute atomic E-state index is 0.216. The summed E-state index contributed by atoms with van der Waals surface area (Å²) >= 11 is 7.17. The zero-order valence-electron chi connectivity index (χ0n) is 13.4. The van der Waals surface area contributed by atoms with Gasteiger partial charge in [-0.2, -0.15) is 0 Å². The number of esters is 1. The van der Waals surface area contributed by atoms with Gasteiger partial charge < -0.3 is 4.74 Å². The Morgan fingerprint density at radius 3 is 2.68 bits per heavy atom. The number of aryl methyl sites for hydroxylation is 1. The van der Waals surface area contributed by atoms with E-state index in [1.54, 1.807) is 43.3 Å². The zero-order valence-corrected chi connectivity index (χ0v) is 15.8. The first kappa shape index (κ1) is 17.7. The molecule has 0 amide bonds. The molecule has 1 N–H and O–H groups in total. The van der Waals surface area contributed by atoms with Gasteiger partial charge in [0.05, 0.1) is 12.7 Å². The molecule has 0 unspecified atom stereocenters. The van der Waals surface area contributed by atoms with E-state index < -0.39 is 16.0 Å². The summed E-state index contributed by atoms with van der Waals surface area (Å²) in [5, 5.41) is 1.36. The van der Waals surface area contributed by atoms with Crippen molar-refractivity contribution < 1.29 is 17.9 Å². The Morgan fingerprint density at radius 1 is 1.20 bits per heavy atom. The Morgan fingerprint density at radius 2 is 1.96 bits per heavy atom. The second-order valence-corrected chi connectivity index (χ2v) is 8.70. The summed E-state index contributed by atoms with van der Waals surface area (Å²) in [5.41, 5.74) is 1.19. The van der Waals surface area contributed by atoms with Crippen molar-refractivity contribution in [2.45, 2.75) is 11.1 Å². The van der Waals surface area contributed by atoms with Gasteiger partial charge in [-0.25, -0.2) is 13.2 Å². The van der Waals surface area contributed by atoms with E-state index in [0.717, 1.165) is 10.1 Å². The van der Waals surface area contributed by atoms with Crippen LogP contribution in [0, 0.1) is 6.92 Å². The maximum absolute atomic E-state index is 12.8. The molecule has 0 saturated heterocycles. The minimum atomic E-state index is -3.79. The molecule has 0 bridgehead atoms. The van der Waals surface area contributed by atoms with Gasteiger partial charge in [0.2, 0.25) is 0 Å². The van der Waals surface area contributed by atoms with Gasteiger partial charge in [-0.3, -0.25) is 4.72 Å². The molecule has 130 valence electrons. The number of benzene rings is 2. The zero-order chi connectivity index (χ0) is 18.2. The number of nitrogens with one attached hydrogen (secondary N) is 1. The summed E-state index contributed by atoms with van der Waals surface area (Å²) in [5.74, 6) is -0.534. The molecule has 2 aromatic carbocycles. The number of ether oxygens (including phenoxy) is 1. The normalized spacial score (nSPS) is 11.5. The lowest BCUT2D eigenvalue weighted by atomic mass is 10.2. The summed E-state index contributed by atoms with van der Waals surface area (Å²) in [4.78, 5) is 11.6. The summed E-state index contributed by atoms with van der Waals surface area (Å²) < 4.78 is 33.8. The molecule has 0 aliphatic heterocycles. The number of anilines is 1. The number of carbonyl (C=O) groups is 1. The van der Waals surface area contributed by atoms with E-state index >= 15 is 0 Å². The molecule has 0 fully saturated rings. The van der Waals surface area contributed by atoms with Crippen molar-refractivity contribution >= 4 is 54.7 Å². The van der Waals surface area contributed by atoms with Crippen molar-refractivity contribution in [3.05, 3.63) is 58.6 Å². The van der Waals surface area contributed by atoms with Gasteiger partial charge in [0.1, 0.15) is 4.21 Å². The number of fused-ring (bicyclic) bond motifs is 1. The number of carbonyl (C=O) groups excluding carboxylic acids is 1. The van der Waals surface area contributed by atoms with Crippen molar-refractivity contribution in [1.29, 1.82) is 0 Å². The van der Waals surface area contributed by atoms with Crippen molar-refractivity contribution in [3.63, 3.8) is 0 Å². The van der Waals surface area contributed by atoms with Gasteiger partial charge >= 0.3 is 5.97 Å². The number of hydrogen-bond donors (Lipinski definition) is 1. The highest BCUT2D eigenvalue weighted by Crippen LogP contribution is 2.36. The van der Waals surface area contributed by atoms with E-state index in [1.165, 1.54) is 24.5 Å². The first-order chi connectivity index (χ1) is 11.8. The second kappa shape index (κ2) is 6.67. The molecule has 0 spiro atoms. The molecule has 25 heavy (non-hydrogen) atoms. The third-order valence-corrected chi connectivity index (χ3v) is 7.14. The van der Waals surface area contributed by atoms with Crippen molar-refractivity contribution in [3.8, 4) is 0 Å². The molecular formula is C17H14ClNO4S2. The van der Waals surface area contributed by atoms with Gasteiger partial charge in [0.25, 0.3) is 10.0 Å². The monoisotopic (exact) mass is 395 g/mol. The molecule has 8 heteroatoms. The van der Waals surface area contributed by atoms with E-state index in [-0.39, 0.29) is 15.5 Å². The molecular weight excluding hydrogens is 382 g/mol. The smallest absolute Gasteiger partial charge is 0.337 e. The minimum Gasteiger partial charge on any atom is -0.465 e. The van der Waals surface area contributed by atoms with Crippen LogP contribution in [0.1, 0.15) is 15.9 Å². The van der Waals surface area contributed by atoms with Crippen molar-refractivity contribution in [2.24, 2.45) is 0 Å². The van der Waals surface area contributed by atoms with E-state index in [1.807, 2.05) is 0 Å². The SMILES string of the molecule is COC(=O)c1cccc(NS(=O)(=O)c2sc3ccc(Cl)cc3c2C)c1. The third kappa shape index (κ3) is 3.49. The van der Waals surface area contributed by atoms with Crippen LogP contribution in [0.15, 0.2) is 46.7 Å². The summed E-state index contributed by atoms with van der Waals surface area (Å²) in [6.45, 7) is 1.74. The van der Waals surface area contributed by atoms with Gasteiger partial charge in [0.15, 0.2) is 0 Å². The highest BCUT2D eigenvalue weighted by atomic mass is 35.5. The van der Waals surface area contributed by atoms with Crippen LogP contribution in [0.3, 0.4) is 0 Å². The molecule has 0 radical (unpaired) electrons. The Hall–Kier alpha value is -2.09. The van der Waals surface area contributed by atoms with Crippen molar-refractivity contribution in [2.75, 3.05) is 11.8 Å². The molecule has 0 aliphatic carbocycles. The quantitative estimate of drug-likeness (QED) is 0.662. The highest BCUT2D eigenvalue weighted by molar-refractivity contribution is 7.94. The Bertz CT molecular complexity index is 1070. The maximum atomic E-state index is 12.8. The van der Waals surface area contributed by atoms with Crippen LogP contribution in [-0.2, 0) is 14.8 Å². The fourth-order valence-electron chi connectivity index (χ4n) is 2.46. The predicted octanol–water partition coefficient (Wildman–Crippen LogP) is 4.45. The van der Waals surface area contributed by atoms with Crippen LogP contribution >= 0.6 is 22.9 Å². The van der Waals surface area contributed by atoms with Crippen LogP contribution in [0.25, 0.3) is 10.1 Å². The lowest BCUT2D eigenvalue weighted by Crippen LogP contribution is -2.13. The topological polar surface area (TPSA) is 72.5 Å². The van der Waals surface area contributed by atoms with Crippen LogP contribution in [-0.4, -0.2) is 21.5 Å². The average molecular weight is 396 g/mol.